The molecule has 8 heteroatoms. The molecule has 160 valence electrons. The van der Waals surface area contributed by atoms with E-state index in [-0.39, 0.29) is 18.3 Å². The number of amides is 2. The predicted molar refractivity (Wildman–Crippen MR) is 114 cm³/mol. The van der Waals surface area contributed by atoms with Crippen LogP contribution in [0.25, 0.3) is 11.1 Å². The van der Waals surface area contributed by atoms with Gasteiger partial charge in [-0.1, -0.05) is 48.5 Å². The van der Waals surface area contributed by atoms with Crippen LogP contribution in [0.15, 0.2) is 48.5 Å². The fourth-order valence-corrected chi connectivity index (χ4v) is 5.07. The van der Waals surface area contributed by atoms with Gasteiger partial charge in [-0.2, -0.15) is 0 Å². The van der Waals surface area contributed by atoms with Crippen molar-refractivity contribution in [2.24, 2.45) is 0 Å². The van der Waals surface area contributed by atoms with Gasteiger partial charge < -0.3 is 9.80 Å². The van der Waals surface area contributed by atoms with Crippen molar-refractivity contribution in [2.75, 3.05) is 25.9 Å². The maximum atomic E-state index is 15.4. The van der Waals surface area contributed by atoms with Gasteiger partial charge in [0.2, 0.25) is 10.0 Å². The monoisotopic (exact) mass is 431 g/mol. The van der Waals surface area contributed by atoms with Gasteiger partial charge in [0.15, 0.2) is 0 Å². The summed E-state index contributed by atoms with van der Waals surface area (Å²) in [5.74, 6) is -0.329. The third-order valence-electron chi connectivity index (χ3n) is 5.88. The highest BCUT2D eigenvalue weighted by molar-refractivity contribution is 7.88. The van der Waals surface area contributed by atoms with Gasteiger partial charge in [-0.3, -0.25) is 0 Å². The lowest BCUT2D eigenvalue weighted by Crippen LogP contribution is -2.54. The van der Waals surface area contributed by atoms with Crippen molar-refractivity contribution in [2.45, 2.75) is 31.3 Å². The van der Waals surface area contributed by atoms with Crippen LogP contribution in [0.5, 0.6) is 0 Å². The summed E-state index contributed by atoms with van der Waals surface area (Å²) in [6.07, 6.45) is 2.85. The van der Waals surface area contributed by atoms with E-state index >= 15 is 4.39 Å². The first kappa shape index (κ1) is 20.8. The molecule has 6 nitrogen and oxygen atoms in total. The van der Waals surface area contributed by atoms with E-state index < -0.39 is 22.1 Å². The minimum Gasteiger partial charge on any atom is -0.325 e. The average Bonchev–Trinajstić information content (AvgIpc) is 3.03. The van der Waals surface area contributed by atoms with Crippen LogP contribution < -0.4 is 4.72 Å². The first-order valence-corrected chi connectivity index (χ1v) is 12.1. The molecule has 2 aliphatic rings. The molecule has 2 fully saturated rings. The lowest BCUT2D eigenvalue weighted by molar-refractivity contribution is 0.120. The Bertz CT molecular complexity index is 1030. The second-order valence-corrected chi connectivity index (χ2v) is 9.80. The van der Waals surface area contributed by atoms with Crippen LogP contribution in [-0.4, -0.2) is 62.2 Å². The van der Waals surface area contributed by atoms with Crippen LogP contribution in [-0.2, 0) is 16.4 Å². The summed E-state index contributed by atoms with van der Waals surface area (Å²) >= 11 is 0. The Balaban J connectivity index is 1.64. The minimum absolute atomic E-state index is 0.0938. The predicted octanol–water partition coefficient (Wildman–Crippen LogP) is 2.85. The normalized spacial score (nSPS) is 21.5. The molecule has 0 saturated carbocycles. The summed E-state index contributed by atoms with van der Waals surface area (Å²) < 4.78 is 41.8. The van der Waals surface area contributed by atoms with Gasteiger partial charge in [0.25, 0.3) is 0 Å². The van der Waals surface area contributed by atoms with Crippen molar-refractivity contribution in [1.29, 1.82) is 0 Å². The number of hydrogen-bond donors (Lipinski definition) is 1. The Hall–Kier alpha value is -2.45. The molecule has 1 N–H and O–H groups in total. The fraction of sp³-hybridized carbons (Fsp3) is 0.409. The number of carbonyl (C=O) groups is 1. The first-order chi connectivity index (χ1) is 14.3. The molecule has 2 aliphatic heterocycles. The topological polar surface area (TPSA) is 69.7 Å². The molecule has 2 heterocycles. The van der Waals surface area contributed by atoms with E-state index in [0.717, 1.165) is 18.2 Å². The average molecular weight is 432 g/mol. The Morgan fingerprint density at radius 2 is 1.83 bits per heavy atom. The smallest absolute Gasteiger partial charge is 0.320 e. The molecule has 0 bridgehead atoms. The molecule has 2 aromatic rings. The summed E-state index contributed by atoms with van der Waals surface area (Å²) in [5, 5.41) is 0. The van der Waals surface area contributed by atoms with Gasteiger partial charge in [-0.25, -0.2) is 22.3 Å². The number of benzene rings is 2. The lowest BCUT2D eigenvalue weighted by atomic mass is 9.96. The van der Waals surface area contributed by atoms with E-state index in [4.69, 9.17) is 0 Å². The second kappa shape index (κ2) is 8.35. The van der Waals surface area contributed by atoms with Gasteiger partial charge in [0.05, 0.1) is 12.3 Å². The van der Waals surface area contributed by atoms with Crippen molar-refractivity contribution in [1.82, 2.24) is 14.5 Å². The van der Waals surface area contributed by atoms with Crippen molar-refractivity contribution >= 4 is 16.1 Å². The van der Waals surface area contributed by atoms with Gasteiger partial charge in [0, 0.05) is 31.2 Å². The van der Waals surface area contributed by atoms with E-state index in [2.05, 4.69) is 4.72 Å². The molecule has 30 heavy (non-hydrogen) atoms. The Morgan fingerprint density at radius 1 is 1.10 bits per heavy atom. The lowest BCUT2D eigenvalue weighted by Gasteiger charge is -2.37. The minimum atomic E-state index is -3.45. The number of rotatable bonds is 5. The molecular formula is C22H26FN3O3S. The molecule has 0 radical (unpaired) electrons. The van der Waals surface area contributed by atoms with E-state index in [0.29, 0.717) is 37.2 Å². The van der Waals surface area contributed by atoms with Crippen LogP contribution in [0, 0.1) is 5.82 Å². The SMILES string of the molecule is CS(=O)(=O)N[C@H]1CCN(C(=O)N2CCC2)[C@H]1Cc1cccc(-c2ccccc2)c1F. The van der Waals surface area contributed by atoms with Gasteiger partial charge in [-0.15, -0.1) is 0 Å². The number of sulfonamides is 1. The molecule has 0 aliphatic carbocycles. The van der Waals surface area contributed by atoms with E-state index in [1.807, 2.05) is 30.3 Å². The largest absolute Gasteiger partial charge is 0.325 e. The number of nitrogens with zero attached hydrogens (tertiary/aromatic N) is 2. The maximum Gasteiger partial charge on any atom is 0.320 e. The summed E-state index contributed by atoms with van der Waals surface area (Å²) in [5.41, 5.74) is 1.76. The number of nitrogens with one attached hydrogen (secondary N) is 1. The van der Waals surface area contributed by atoms with E-state index in [1.165, 1.54) is 0 Å². The number of urea groups is 1. The van der Waals surface area contributed by atoms with Crippen molar-refractivity contribution in [3.63, 3.8) is 0 Å². The summed E-state index contributed by atoms with van der Waals surface area (Å²) in [7, 11) is -3.45. The Kier molecular flexibility index (Phi) is 5.79. The van der Waals surface area contributed by atoms with Crippen molar-refractivity contribution in [3.05, 3.63) is 59.9 Å². The van der Waals surface area contributed by atoms with Crippen LogP contribution in [0.2, 0.25) is 0 Å². The zero-order valence-electron chi connectivity index (χ0n) is 16.9. The van der Waals surface area contributed by atoms with Crippen molar-refractivity contribution < 1.29 is 17.6 Å². The Morgan fingerprint density at radius 3 is 2.47 bits per heavy atom. The highest BCUT2D eigenvalue weighted by atomic mass is 32.2. The highest BCUT2D eigenvalue weighted by Gasteiger charge is 2.41. The van der Waals surface area contributed by atoms with Crippen LogP contribution in [0.1, 0.15) is 18.4 Å². The molecule has 0 unspecified atom stereocenters. The molecule has 2 atom stereocenters. The second-order valence-electron chi connectivity index (χ2n) is 8.02. The third kappa shape index (κ3) is 4.34. The summed E-state index contributed by atoms with van der Waals surface area (Å²) in [6, 6.07) is 13.6. The van der Waals surface area contributed by atoms with E-state index in [1.54, 1.807) is 28.0 Å². The van der Waals surface area contributed by atoms with Crippen LogP contribution in [0.3, 0.4) is 0 Å². The van der Waals surface area contributed by atoms with Gasteiger partial charge in [0.1, 0.15) is 5.82 Å². The standard InChI is InChI=1S/C22H26FN3O3S/c1-30(28,29)24-19-11-14-26(22(27)25-12-6-13-25)20(19)15-17-9-5-10-18(21(17)23)16-7-3-2-4-8-16/h2-5,7-10,19-20,24H,6,11-15H2,1H3/t19-,20-/m0/s1. The quantitative estimate of drug-likeness (QED) is 0.792. The van der Waals surface area contributed by atoms with Crippen LogP contribution >= 0.6 is 0 Å². The summed E-state index contributed by atoms with van der Waals surface area (Å²) in [4.78, 5) is 16.4. The zero-order valence-corrected chi connectivity index (χ0v) is 17.7. The number of likely N-dealkylation sites (tertiary alicyclic amines) is 2. The molecular weight excluding hydrogens is 405 g/mol. The molecule has 2 saturated heterocycles. The Labute approximate surface area is 176 Å². The first-order valence-electron chi connectivity index (χ1n) is 10.2. The fourth-order valence-electron chi connectivity index (χ4n) is 4.25. The maximum absolute atomic E-state index is 15.4. The van der Waals surface area contributed by atoms with Gasteiger partial charge >= 0.3 is 6.03 Å². The van der Waals surface area contributed by atoms with Crippen molar-refractivity contribution in [3.8, 4) is 11.1 Å². The molecule has 0 aromatic heterocycles. The number of hydrogen-bond acceptors (Lipinski definition) is 3. The van der Waals surface area contributed by atoms with E-state index in [9.17, 15) is 13.2 Å². The van der Waals surface area contributed by atoms with Crippen LogP contribution in [0.4, 0.5) is 9.18 Å². The number of halogens is 1. The third-order valence-corrected chi connectivity index (χ3v) is 6.61. The zero-order chi connectivity index (χ0) is 21.3. The number of carbonyl (C=O) groups excluding carboxylic acids is 1. The summed E-state index contributed by atoms with van der Waals surface area (Å²) in [6.45, 7) is 1.88. The highest BCUT2D eigenvalue weighted by Crippen LogP contribution is 2.29. The van der Waals surface area contributed by atoms with Gasteiger partial charge in [-0.05, 0) is 30.4 Å². The molecule has 2 aromatic carbocycles. The molecule has 4 rings (SSSR count). The molecule has 0 spiro atoms. The molecule has 2 amide bonds.